The van der Waals surface area contributed by atoms with Crippen LogP contribution in [0.4, 0.5) is 0 Å². The Morgan fingerprint density at radius 3 is 1.90 bits per heavy atom. The summed E-state index contributed by atoms with van der Waals surface area (Å²) in [6.07, 6.45) is 1.97. The third-order valence-electron chi connectivity index (χ3n) is 0.705. The van der Waals surface area contributed by atoms with E-state index in [9.17, 15) is 0 Å². The Morgan fingerprint density at radius 1 is 1.40 bits per heavy atom. The zero-order chi connectivity index (χ0) is 5.70. The van der Waals surface area contributed by atoms with Gasteiger partial charge in [0.2, 0.25) is 0 Å². The first kappa shape index (κ1) is 22.4. The van der Waals surface area contributed by atoms with Crippen molar-refractivity contribution in [3.05, 3.63) is 27.0 Å². The van der Waals surface area contributed by atoms with Crippen LogP contribution in [-0.4, -0.2) is 23.2 Å². The van der Waals surface area contributed by atoms with E-state index in [1.54, 1.807) is 0 Å². The van der Waals surface area contributed by atoms with Crippen molar-refractivity contribution >= 4 is 29.0 Å². The third kappa shape index (κ3) is 23.5. The number of hydrogen-bond donors (Lipinski definition) is 0. The Kier molecular flexibility index (Phi) is 36.5. The van der Waals surface area contributed by atoms with E-state index in [2.05, 4.69) is 0 Å². The minimum absolute atomic E-state index is 0. The Hall–Kier alpha value is 0.562. The first-order chi connectivity index (χ1) is 3.27. The van der Waals surface area contributed by atoms with Crippen molar-refractivity contribution in [2.75, 3.05) is 5.88 Å². The molecule has 0 aliphatic carbocycles. The quantitative estimate of drug-likeness (QED) is 0.351. The first-order valence-electron chi connectivity index (χ1n) is 2.41. The number of allylic oxidation sites excluding steroid dienone is 1. The second kappa shape index (κ2) is 16.3. The van der Waals surface area contributed by atoms with Gasteiger partial charge in [-0.1, -0.05) is 13.3 Å². The molecular weight excluding hydrogens is 159 g/mol. The van der Waals surface area contributed by atoms with Crippen molar-refractivity contribution in [3.63, 3.8) is 0 Å². The smallest absolute Gasteiger partial charge is 0.515 e. The van der Waals surface area contributed by atoms with Crippen LogP contribution in [0.15, 0.2) is 5.57 Å². The molecule has 0 heterocycles. The van der Waals surface area contributed by atoms with E-state index in [0.29, 0.717) is 5.88 Å². The van der Waals surface area contributed by atoms with E-state index < -0.39 is 0 Å². The summed E-state index contributed by atoms with van der Waals surface area (Å²) in [6, 6.07) is 0. The van der Waals surface area contributed by atoms with Gasteiger partial charge in [-0.05, 0) is 6.42 Å². The maximum atomic E-state index is 5.38. The number of rotatable bonds is 3. The standard InChI is InChI=1S/C6H10Cl.2CH3.Al/c1-6(2)4-3-5-7;;;/h1H,3-5H2,2H3;2*1H3;/q3*-1;+3. The van der Waals surface area contributed by atoms with Crippen LogP contribution in [0.3, 0.4) is 0 Å². The molecule has 0 atom stereocenters. The molecule has 0 aliphatic heterocycles. The SMILES string of the molecule is [Al+3].[CH-]=C(C)CCCCl.[CH3-].[CH3-]. The van der Waals surface area contributed by atoms with E-state index >= 15 is 0 Å². The molecule has 10 heavy (non-hydrogen) atoms. The van der Waals surface area contributed by atoms with Crippen LogP contribution in [-0.2, 0) is 0 Å². The second-order valence-electron chi connectivity index (χ2n) is 1.64. The Morgan fingerprint density at radius 2 is 1.80 bits per heavy atom. The minimum atomic E-state index is 0. The topological polar surface area (TPSA) is 0 Å². The second-order valence-corrected chi connectivity index (χ2v) is 2.02. The van der Waals surface area contributed by atoms with Crippen molar-refractivity contribution in [1.82, 2.24) is 0 Å². The molecule has 0 fully saturated rings. The molecule has 0 nitrogen and oxygen atoms in total. The van der Waals surface area contributed by atoms with Crippen molar-refractivity contribution in [2.24, 2.45) is 0 Å². The van der Waals surface area contributed by atoms with Gasteiger partial charge >= 0.3 is 17.4 Å². The van der Waals surface area contributed by atoms with Crippen LogP contribution < -0.4 is 0 Å². The molecule has 0 spiro atoms. The number of alkyl halides is 1. The normalized spacial score (nSPS) is 6.20. The van der Waals surface area contributed by atoms with Crippen LogP contribution in [0.1, 0.15) is 19.8 Å². The summed E-state index contributed by atoms with van der Waals surface area (Å²) in [5.41, 5.74) is 0.973. The molecule has 2 heteroatoms. The van der Waals surface area contributed by atoms with E-state index in [-0.39, 0.29) is 32.2 Å². The van der Waals surface area contributed by atoms with Crippen LogP contribution >= 0.6 is 11.6 Å². The minimum Gasteiger partial charge on any atom is -0.515 e. The number of halogens is 1. The van der Waals surface area contributed by atoms with Crippen molar-refractivity contribution in [2.45, 2.75) is 19.8 Å². The van der Waals surface area contributed by atoms with Gasteiger partial charge in [0, 0.05) is 5.88 Å². The Bertz CT molecular complexity index is 62.3. The Labute approximate surface area is 81.8 Å². The summed E-state index contributed by atoms with van der Waals surface area (Å²) in [5, 5.41) is 0. The summed E-state index contributed by atoms with van der Waals surface area (Å²) in [5.74, 6) is 0.717. The molecule has 0 bridgehead atoms. The van der Waals surface area contributed by atoms with Crippen LogP contribution in [0, 0.1) is 21.4 Å². The fourth-order valence-corrected chi connectivity index (χ4v) is 0.479. The van der Waals surface area contributed by atoms with E-state index in [4.69, 9.17) is 18.2 Å². The Balaban J connectivity index is -0.0000000600. The van der Waals surface area contributed by atoms with Gasteiger partial charge in [-0.3, -0.25) is 5.57 Å². The molecule has 0 aliphatic rings. The molecule has 0 unspecified atom stereocenters. The fraction of sp³-hybridized carbons (Fsp3) is 0.500. The van der Waals surface area contributed by atoms with Crippen LogP contribution in [0.5, 0.6) is 0 Å². The largest absolute Gasteiger partial charge is 3.00 e. The summed E-state index contributed by atoms with van der Waals surface area (Å²) in [7, 11) is 0. The van der Waals surface area contributed by atoms with Gasteiger partial charge in [-0.15, -0.1) is 11.6 Å². The van der Waals surface area contributed by atoms with Gasteiger partial charge in [-0.25, -0.2) is 0 Å². The maximum Gasteiger partial charge on any atom is 3.00 e. The zero-order valence-corrected chi connectivity index (χ0v) is 9.06. The van der Waals surface area contributed by atoms with Crippen molar-refractivity contribution in [3.8, 4) is 0 Å². The molecule has 58 valence electrons. The third-order valence-corrected chi connectivity index (χ3v) is 0.972. The molecule has 0 saturated carbocycles. The molecular formula is C8H16AlCl. The maximum absolute atomic E-state index is 5.38. The van der Waals surface area contributed by atoms with Gasteiger partial charge in [-0.2, -0.15) is 0 Å². The first-order valence-corrected chi connectivity index (χ1v) is 2.94. The molecule has 0 rings (SSSR count). The predicted octanol–water partition coefficient (Wildman–Crippen LogP) is 2.90. The fourth-order valence-electron chi connectivity index (χ4n) is 0.346. The molecule has 0 radical (unpaired) electrons. The monoisotopic (exact) mass is 174 g/mol. The van der Waals surface area contributed by atoms with E-state index in [1.807, 2.05) is 6.92 Å². The molecule has 0 aromatic carbocycles. The van der Waals surface area contributed by atoms with Gasteiger partial charge in [0.1, 0.15) is 0 Å². The van der Waals surface area contributed by atoms with Crippen LogP contribution in [0.2, 0.25) is 0 Å². The zero-order valence-electron chi connectivity index (χ0n) is 7.15. The van der Waals surface area contributed by atoms with E-state index in [1.165, 1.54) is 0 Å². The van der Waals surface area contributed by atoms with Gasteiger partial charge < -0.3 is 21.4 Å². The predicted molar refractivity (Wildman–Crippen MR) is 52.0 cm³/mol. The van der Waals surface area contributed by atoms with E-state index in [0.717, 1.165) is 18.4 Å². The molecule has 0 N–H and O–H groups in total. The van der Waals surface area contributed by atoms with Crippen LogP contribution in [0.25, 0.3) is 0 Å². The van der Waals surface area contributed by atoms with Crippen molar-refractivity contribution < 1.29 is 0 Å². The summed E-state index contributed by atoms with van der Waals surface area (Å²) in [4.78, 5) is 0. The van der Waals surface area contributed by atoms with Gasteiger partial charge in [0.15, 0.2) is 0 Å². The van der Waals surface area contributed by atoms with Crippen molar-refractivity contribution in [1.29, 1.82) is 0 Å². The van der Waals surface area contributed by atoms with Gasteiger partial charge in [0.25, 0.3) is 0 Å². The average Bonchev–Trinajstić information content (AvgIpc) is 1.61. The number of hydrogen-bond acceptors (Lipinski definition) is 0. The molecule has 0 amide bonds. The molecule has 0 aromatic rings. The summed E-state index contributed by atoms with van der Waals surface area (Å²) < 4.78 is 0. The summed E-state index contributed by atoms with van der Waals surface area (Å²) >= 11 is 5.38. The van der Waals surface area contributed by atoms with Gasteiger partial charge in [0.05, 0.1) is 0 Å². The molecule has 0 aromatic heterocycles. The average molecular weight is 175 g/mol. The summed E-state index contributed by atoms with van der Waals surface area (Å²) in [6.45, 7) is 7.25. The molecule has 0 saturated heterocycles.